The van der Waals surface area contributed by atoms with Crippen molar-refractivity contribution in [3.05, 3.63) is 71.3 Å². The molecule has 4 aromatic rings. The van der Waals surface area contributed by atoms with Gasteiger partial charge in [0.15, 0.2) is 5.13 Å². The summed E-state index contributed by atoms with van der Waals surface area (Å²) in [5, 5.41) is 4.81. The number of thiazole rings is 1. The van der Waals surface area contributed by atoms with Crippen LogP contribution in [-0.4, -0.2) is 25.7 Å². The molecule has 27 heavy (non-hydrogen) atoms. The van der Waals surface area contributed by atoms with E-state index in [1.54, 1.807) is 52.6 Å². The first kappa shape index (κ1) is 17.4. The Labute approximate surface area is 161 Å². The van der Waals surface area contributed by atoms with E-state index in [4.69, 9.17) is 4.98 Å². The molecule has 3 heterocycles. The van der Waals surface area contributed by atoms with Crippen molar-refractivity contribution >= 4 is 32.6 Å². The molecule has 0 spiro atoms. The van der Waals surface area contributed by atoms with Crippen molar-refractivity contribution in [2.24, 2.45) is 7.05 Å². The first-order valence-corrected chi connectivity index (χ1v) is 9.42. The van der Waals surface area contributed by atoms with E-state index in [1.807, 2.05) is 19.1 Å². The van der Waals surface area contributed by atoms with E-state index in [2.05, 4.69) is 29.1 Å². The minimum Gasteiger partial charge on any atom is -0.278 e. The summed E-state index contributed by atoms with van der Waals surface area (Å²) >= 11 is 1.54. The van der Waals surface area contributed by atoms with Gasteiger partial charge in [-0.2, -0.15) is 5.10 Å². The number of rotatable bonds is 4. The van der Waals surface area contributed by atoms with E-state index >= 15 is 0 Å². The van der Waals surface area contributed by atoms with Gasteiger partial charge >= 0.3 is 0 Å². The minimum absolute atomic E-state index is 0.131. The van der Waals surface area contributed by atoms with Crippen LogP contribution in [0.4, 0.5) is 5.13 Å². The largest absolute Gasteiger partial charge is 0.278 e. The zero-order chi connectivity index (χ0) is 19.0. The molecule has 0 saturated heterocycles. The van der Waals surface area contributed by atoms with Crippen LogP contribution >= 0.6 is 11.3 Å². The summed E-state index contributed by atoms with van der Waals surface area (Å²) in [4.78, 5) is 24.0. The van der Waals surface area contributed by atoms with Gasteiger partial charge in [0.25, 0.3) is 5.91 Å². The molecule has 0 atom stereocenters. The third kappa shape index (κ3) is 3.21. The van der Waals surface area contributed by atoms with Gasteiger partial charge < -0.3 is 0 Å². The Bertz CT molecular complexity index is 1080. The number of hydrogen-bond donors (Lipinski definition) is 0. The summed E-state index contributed by atoms with van der Waals surface area (Å²) in [6.07, 6.45) is 5.12. The molecule has 0 aliphatic rings. The Morgan fingerprint density at radius 3 is 2.63 bits per heavy atom. The molecule has 0 N–H and O–H groups in total. The van der Waals surface area contributed by atoms with Crippen LogP contribution in [0.1, 0.15) is 27.2 Å². The SMILES string of the molecule is Cc1ccc(C)c2sc(N(Cc3cccnc3)C(=O)c3ccnn3C)nc12. The van der Waals surface area contributed by atoms with Crippen LogP contribution in [0.2, 0.25) is 0 Å². The highest BCUT2D eigenvalue weighted by atomic mass is 32.1. The van der Waals surface area contributed by atoms with Crippen molar-refractivity contribution in [2.75, 3.05) is 4.90 Å². The molecule has 136 valence electrons. The maximum absolute atomic E-state index is 13.3. The highest BCUT2D eigenvalue weighted by Crippen LogP contribution is 2.34. The molecule has 0 fully saturated rings. The van der Waals surface area contributed by atoms with Crippen LogP contribution in [0.25, 0.3) is 10.2 Å². The highest BCUT2D eigenvalue weighted by molar-refractivity contribution is 7.22. The fourth-order valence-electron chi connectivity index (χ4n) is 2.99. The van der Waals surface area contributed by atoms with E-state index in [1.165, 1.54) is 0 Å². The molecule has 0 saturated carbocycles. The summed E-state index contributed by atoms with van der Waals surface area (Å²) in [7, 11) is 1.77. The summed E-state index contributed by atoms with van der Waals surface area (Å²) < 4.78 is 2.70. The van der Waals surface area contributed by atoms with Crippen molar-refractivity contribution < 1.29 is 4.79 Å². The molecule has 0 bridgehead atoms. The second-order valence-electron chi connectivity index (χ2n) is 6.47. The maximum atomic E-state index is 13.3. The monoisotopic (exact) mass is 377 g/mol. The molecule has 0 unspecified atom stereocenters. The molecule has 0 aliphatic carbocycles. The van der Waals surface area contributed by atoms with Gasteiger partial charge in [0.2, 0.25) is 0 Å². The number of amides is 1. The number of nitrogens with zero attached hydrogens (tertiary/aromatic N) is 5. The average Bonchev–Trinajstić information content (AvgIpc) is 3.30. The van der Waals surface area contributed by atoms with Gasteiger partial charge in [0.05, 0.1) is 16.8 Å². The third-order valence-corrected chi connectivity index (χ3v) is 5.72. The second-order valence-corrected chi connectivity index (χ2v) is 7.44. The van der Waals surface area contributed by atoms with Crippen LogP contribution in [-0.2, 0) is 13.6 Å². The number of pyridine rings is 1. The molecule has 6 nitrogen and oxygen atoms in total. The topological polar surface area (TPSA) is 63.9 Å². The molecule has 0 radical (unpaired) electrons. The molecule has 3 aromatic heterocycles. The summed E-state index contributed by atoms with van der Waals surface area (Å²) in [6.45, 7) is 4.51. The first-order valence-electron chi connectivity index (χ1n) is 8.60. The zero-order valence-corrected chi connectivity index (χ0v) is 16.2. The van der Waals surface area contributed by atoms with E-state index in [0.29, 0.717) is 17.4 Å². The van der Waals surface area contributed by atoms with Gasteiger partial charge in [0, 0.05) is 25.6 Å². The molecular formula is C20H19N5OS. The van der Waals surface area contributed by atoms with Crippen LogP contribution in [0.3, 0.4) is 0 Å². The van der Waals surface area contributed by atoms with Gasteiger partial charge in [0.1, 0.15) is 5.69 Å². The molecular weight excluding hydrogens is 358 g/mol. The van der Waals surface area contributed by atoms with Gasteiger partial charge in [-0.15, -0.1) is 0 Å². The lowest BCUT2D eigenvalue weighted by Crippen LogP contribution is -2.31. The minimum atomic E-state index is -0.131. The van der Waals surface area contributed by atoms with Gasteiger partial charge in [-0.25, -0.2) is 4.98 Å². The number of benzene rings is 1. The lowest BCUT2D eigenvalue weighted by molar-refractivity contribution is 0.0976. The number of anilines is 1. The Hall–Kier alpha value is -3.06. The quantitative estimate of drug-likeness (QED) is 0.541. The number of carbonyl (C=O) groups is 1. The van der Waals surface area contributed by atoms with Gasteiger partial charge in [-0.3, -0.25) is 19.4 Å². The van der Waals surface area contributed by atoms with Gasteiger partial charge in [-0.1, -0.05) is 29.5 Å². The van der Waals surface area contributed by atoms with Gasteiger partial charge in [-0.05, 0) is 42.7 Å². The number of carbonyl (C=O) groups excluding carboxylic acids is 1. The first-order chi connectivity index (χ1) is 13.0. The Morgan fingerprint density at radius 1 is 1.15 bits per heavy atom. The Morgan fingerprint density at radius 2 is 1.96 bits per heavy atom. The van der Waals surface area contributed by atoms with Crippen LogP contribution < -0.4 is 4.90 Å². The van der Waals surface area contributed by atoms with Crippen molar-refractivity contribution in [2.45, 2.75) is 20.4 Å². The second kappa shape index (κ2) is 6.92. The zero-order valence-electron chi connectivity index (χ0n) is 15.4. The number of hydrogen-bond acceptors (Lipinski definition) is 5. The number of aromatic nitrogens is 4. The fraction of sp³-hybridized carbons (Fsp3) is 0.200. The summed E-state index contributed by atoms with van der Waals surface area (Å²) in [5.41, 5.74) is 4.68. The number of fused-ring (bicyclic) bond motifs is 1. The summed E-state index contributed by atoms with van der Waals surface area (Å²) in [5.74, 6) is -0.131. The van der Waals surface area contributed by atoms with Crippen molar-refractivity contribution in [1.82, 2.24) is 19.7 Å². The van der Waals surface area contributed by atoms with Crippen molar-refractivity contribution in [3.8, 4) is 0 Å². The van der Waals surface area contributed by atoms with E-state index in [0.717, 1.165) is 26.9 Å². The lowest BCUT2D eigenvalue weighted by Gasteiger charge is -2.19. The smallest absolute Gasteiger partial charge is 0.278 e. The highest BCUT2D eigenvalue weighted by Gasteiger charge is 2.24. The molecule has 7 heteroatoms. The normalized spacial score (nSPS) is 11.1. The molecule has 0 aliphatic heterocycles. The number of aryl methyl sites for hydroxylation is 3. The van der Waals surface area contributed by atoms with Crippen LogP contribution in [0.15, 0.2) is 48.9 Å². The predicted molar refractivity (Wildman–Crippen MR) is 107 cm³/mol. The van der Waals surface area contributed by atoms with Crippen LogP contribution in [0.5, 0.6) is 0 Å². The molecule has 4 rings (SSSR count). The Kier molecular flexibility index (Phi) is 4.45. The van der Waals surface area contributed by atoms with Crippen molar-refractivity contribution in [3.63, 3.8) is 0 Å². The van der Waals surface area contributed by atoms with E-state index in [-0.39, 0.29) is 5.91 Å². The predicted octanol–water partition coefficient (Wildman–Crippen LogP) is 3.89. The van der Waals surface area contributed by atoms with Crippen molar-refractivity contribution in [1.29, 1.82) is 0 Å². The summed E-state index contributed by atoms with van der Waals surface area (Å²) in [6, 6.07) is 9.71. The lowest BCUT2D eigenvalue weighted by atomic mass is 10.1. The molecule has 1 amide bonds. The van der Waals surface area contributed by atoms with Crippen LogP contribution in [0, 0.1) is 13.8 Å². The third-order valence-electron chi connectivity index (χ3n) is 4.51. The fourth-order valence-corrected chi connectivity index (χ4v) is 4.10. The Balaban J connectivity index is 1.82. The molecule has 1 aromatic carbocycles. The van der Waals surface area contributed by atoms with E-state index < -0.39 is 0 Å². The standard InChI is InChI=1S/C20H19N5OS/c1-13-6-7-14(2)18-17(13)23-20(27-18)25(12-15-5-4-9-21-11-15)19(26)16-8-10-22-24(16)3/h4-11H,12H2,1-3H3. The van der Waals surface area contributed by atoms with E-state index in [9.17, 15) is 4.79 Å². The maximum Gasteiger partial charge on any atom is 0.278 e. The average molecular weight is 377 g/mol.